The number of ether oxygens (including phenoxy) is 1. The fourth-order valence-electron chi connectivity index (χ4n) is 1.48. The van der Waals surface area contributed by atoms with Gasteiger partial charge in [0.15, 0.2) is 5.79 Å². The third kappa shape index (κ3) is 1.77. The Morgan fingerprint density at radius 3 is 2.75 bits per heavy atom. The van der Waals surface area contributed by atoms with Crippen LogP contribution in [0.3, 0.4) is 0 Å². The third-order valence-corrected chi connectivity index (χ3v) is 2.20. The molecule has 1 rings (SSSR count). The van der Waals surface area contributed by atoms with Crippen molar-refractivity contribution in [3.63, 3.8) is 0 Å². The molecule has 0 aromatic rings. The van der Waals surface area contributed by atoms with Gasteiger partial charge in [0.1, 0.15) is 6.10 Å². The number of aliphatic hydroxyl groups excluding tert-OH is 2. The fraction of sp³-hybridized carbons (Fsp3) is 1.00. The Hall–Kier alpha value is -0.160. The van der Waals surface area contributed by atoms with Gasteiger partial charge in [-0.1, -0.05) is 13.3 Å². The van der Waals surface area contributed by atoms with Crippen molar-refractivity contribution in [2.45, 2.75) is 44.2 Å². The fourth-order valence-corrected chi connectivity index (χ4v) is 1.48. The van der Waals surface area contributed by atoms with Crippen molar-refractivity contribution in [1.82, 2.24) is 0 Å². The summed E-state index contributed by atoms with van der Waals surface area (Å²) in [6.07, 6.45) is -0.597. The summed E-state index contributed by atoms with van der Waals surface area (Å²) in [5.74, 6) is -1.54. The SMILES string of the molecule is CCCC1(O)OCCC(O)C1O. The highest BCUT2D eigenvalue weighted by Crippen LogP contribution is 2.27. The predicted molar refractivity (Wildman–Crippen MR) is 42.4 cm³/mol. The topological polar surface area (TPSA) is 69.9 Å². The van der Waals surface area contributed by atoms with Gasteiger partial charge in [-0.2, -0.15) is 0 Å². The van der Waals surface area contributed by atoms with Crippen LogP contribution in [0.4, 0.5) is 0 Å². The molecule has 1 fully saturated rings. The molecule has 0 aliphatic carbocycles. The van der Waals surface area contributed by atoms with Crippen molar-refractivity contribution in [2.24, 2.45) is 0 Å². The first-order chi connectivity index (χ1) is 5.60. The van der Waals surface area contributed by atoms with Crippen molar-refractivity contribution in [3.05, 3.63) is 0 Å². The normalized spacial score (nSPS) is 43.0. The first kappa shape index (κ1) is 9.92. The second-order valence-corrected chi connectivity index (χ2v) is 3.24. The van der Waals surface area contributed by atoms with E-state index in [-0.39, 0.29) is 0 Å². The van der Waals surface area contributed by atoms with Crippen LogP contribution in [0.5, 0.6) is 0 Å². The lowest BCUT2D eigenvalue weighted by Crippen LogP contribution is -2.55. The van der Waals surface area contributed by atoms with Crippen molar-refractivity contribution in [2.75, 3.05) is 6.61 Å². The van der Waals surface area contributed by atoms with E-state index in [4.69, 9.17) is 4.74 Å². The maximum atomic E-state index is 9.68. The Bertz CT molecular complexity index is 146. The van der Waals surface area contributed by atoms with Gasteiger partial charge >= 0.3 is 0 Å². The lowest BCUT2D eigenvalue weighted by atomic mass is 9.95. The molecule has 72 valence electrons. The highest BCUT2D eigenvalue weighted by molar-refractivity contribution is 4.86. The first-order valence-corrected chi connectivity index (χ1v) is 4.32. The van der Waals surface area contributed by atoms with Crippen molar-refractivity contribution >= 4 is 0 Å². The van der Waals surface area contributed by atoms with Crippen LogP contribution in [0.15, 0.2) is 0 Å². The Morgan fingerprint density at radius 2 is 2.17 bits per heavy atom. The van der Waals surface area contributed by atoms with Crippen LogP contribution in [0.25, 0.3) is 0 Å². The Balaban J connectivity index is 2.60. The van der Waals surface area contributed by atoms with E-state index < -0.39 is 18.0 Å². The van der Waals surface area contributed by atoms with Crippen molar-refractivity contribution in [3.8, 4) is 0 Å². The minimum absolute atomic E-state index is 0.300. The van der Waals surface area contributed by atoms with Crippen LogP contribution in [0.2, 0.25) is 0 Å². The van der Waals surface area contributed by atoms with Gasteiger partial charge in [0, 0.05) is 6.42 Å². The van der Waals surface area contributed by atoms with Gasteiger partial charge in [-0.15, -0.1) is 0 Å². The molecule has 1 aliphatic rings. The van der Waals surface area contributed by atoms with Crippen LogP contribution >= 0.6 is 0 Å². The number of hydrogen-bond donors (Lipinski definition) is 3. The molecule has 3 atom stereocenters. The monoisotopic (exact) mass is 176 g/mol. The van der Waals surface area contributed by atoms with Gasteiger partial charge in [-0.25, -0.2) is 0 Å². The molecular weight excluding hydrogens is 160 g/mol. The number of aliphatic hydroxyl groups is 3. The second kappa shape index (κ2) is 3.70. The van der Waals surface area contributed by atoms with E-state index in [0.717, 1.165) is 0 Å². The lowest BCUT2D eigenvalue weighted by Gasteiger charge is -2.39. The van der Waals surface area contributed by atoms with Crippen LogP contribution in [0, 0.1) is 0 Å². The molecule has 0 radical (unpaired) electrons. The molecule has 0 spiro atoms. The summed E-state index contributed by atoms with van der Waals surface area (Å²) in [6.45, 7) is 2.18. The van der Waals surface area contributed by atoms with Gasteiger partial charge in [0.05, 0.1) is 12.7 Å². The summed E-state index contributed by atoms with van der Waals surface area (Å²) in [7, 11) is 0. The lowest BCUT2D eigenvalue weighted by molar-refractivity contribution is -0.302. The summed E-state index contributed by atoms with van der Waals surface area (Å²) in [6, 6.07) is 0. The molecule has 4 heteroatoms. The summed E-state index contributed by atoms with van der Waals surface area (Å²) in [5, 5.41) is 28.3. The van der Waals surface area contributed by atoms with Crippen LogP contribution in [-0.4, -0.2) is 39.9 Å². The van der Waals surface area contributed by atoms with Crippen LogP contribution in [0.1, 0.15) is 26.2 Å². The van der Waals surface area contributed by atoms with Crippen molar-refractivity contribution < 1.29 is 20.1 Å². The summed E-state index contributed by atoms with van der Waals surface area (Å²) in [5.41, 5.74) is 0. The van der Waals surface area contributed by atoms with E-state index in [1.54, 1.807) is 0 Å². The van der Waals surface area contributed by atoms with E-state index in [1.807, 2.05) is 6.92 Å². The first-order valence-electron chi connectivity index (χ1n) is 4.32. The Labute approximate surface area is 71.8 Å². The number of hydrogen-bond acceptors (Lipinski definition) is 4. The molecule has 3 N–H and O–H groups in total. The quantitative estimate of drug-likeness (QED) is 0.536. The molecule has 1 aliphatic heterocycles. The molecule has 0 amide bonds. The standard InChI is InChI=1S/C8H16O4/c1-2-4-8(11)7(10)6(9)3-5-12-8/h6-7,9-11H,2-5H2,1H3. The average Bonchev–Trinajstić information content (AvgIpc) is 2.01. The van der Waals surface area contributed by atoms with Gasteiger partial charge in [-0.05, 0) is 6.42 Å². The number of rotatable bonds is 2. The Morgan fingerprint density at radius 1 is 1.50 bits per heavy atom. The third-order valence-electron chi connectivity index (χ3n) is 2.20. The largest absolute Gasteiger partial charge is 0.390 e. The smallest absolute Gasteiger partial charge is 0.194 e. The maximum Gasteiger partial charge on any atom is 0.194 e. The highest BCUT2D eigenvalue weighted by atomic mass is 16.6. The van der Waals surface area contributed by atoms with E-state index in [2.05, 4.69) is 0 Å². The molecule has 4 nitrogen and oxygen atoms in total. The van der Waals surface area contributed by atoms with E-state index in [9.17, 15) is 15.3 Å². The minimum Gasteiger partial charge on any atom is -0.390 e. The molecule has 0 bridgehead atoms. The molecule has 12 heavy (non-hydrogen) atoms. The Kier molecular flexibility index (Phi) is 3.06. The van der Waals surface area contributed by atoms with Gasteiger partial charge in [0.2, 0.25) is 0 Å². The average molecular weight is 176 g/mol. The molecule has 3 unspecified atom stereocenters. The second-order valence-electron chi connectivity index (χ2n) is 3.24. The van der Waals surface area contributed by atoms with Gasteiger partial charge in [0.25, 0.3) is 0 Å². The molecule has 1 heterocycles. The zero-order chi connectivity index (χ0) is 9.19. The van der Waals surface area contributed by atoms with Gasteiger partial charge < -0.3 is 20.1 Å². The summed E-state index contributed by atoms with van der Waals surface area (Å²) in [4.78, 5) is 0. The highest BCUT2D eigenvalue weighted by Gasteiger charge is 2.43. The maximum absolute atomic E-state index is 9.68. The zero-order valence-electron chi connectivity index (χ0n) is 7.23. The minimum atomic E-state index is -1.54. The van der Waals surface area contributed by atoms with Crippen LogP contribution < -0.4 is 0 Å². The van der Waals surface area contributed by atoms with E-state index in [0.29, 0.717) is 25.9 Å². The van der Waals surface area contributed by atoms with E-state index in [1.165, 1.54) is 0 Å². The molecular formula is C8H16O4. The molecule has 1 saturated heterocycles. The van der Waals surface area contributed by atoms with Crippen LogP contribution in [-0.2, 0) is 4.74 Å². The predicted octanol–water partition coefficient (Wildman–Crippen LogP) is -0.383. The molecule has 0 aromatic carbocycles. The molecule has 0 aromatic heterocycles. The van der Waals surface area contributed by atoms with Gasteiger partial charge in [-0.3, -0.25) is 0 Å². The summed E-state index contributed by atoms with van der Waals surface area (Å²) < 4.78 is 5.03. The van der Waals surface area contributed by atoms with Crippen molar-refractivity contribution in [1.29, 1.82) is 0 Å². The van der Waals surface area contributed by atoms with E-state index >= 15 is 0 Å². The summed E-state index contributed by atoms with van der Waals surface area (Å²) >= 11 is 0. The molecule has 0 saturated carbocycles. The zero-order valence-corrected chi connectivity index (χ0v) is 7.23.